The van der Waals surface area contributed by atoms with Gasteiger partial charge in [0.2, 0.25) is 0 Å². The lowest BCUT2D eigenvalue weighted by Crippen LogP contribution is -2.25. The Morgan fingerprint density at radius 1 is 1.03 bits per heavy atom. The van der Waals surface area contributed by atoms with Crippen molar-refractivity contribution in [1.82, 2.24) is 5.32 Å². The molecular formula is C21H23IN4O2S. The summed E-state index contributed by atoms with van der Waals surface area (Å²) in [6.07, 6.45) is 0.705. The second-order valence-electron chi connectivity index (χ2n) is 5.92. The zero-order valence-corrected chi connectivity index (χ0v) is 18.9. The lowest BCUT2D eigenvalue weighted by molar-refractivity contribution is 0.0957. The summed E-state index contributed by atoms with van der Waals surface area (Å²) < 4.78 is 5.81. The van der Waals surface area contributed by atoms with Gasteiger partial charge in [0.1, 0.15) is 11.5 Å². The Kier molecular flexibility index (Phi) is 9.45. The fraction of sp³-hybridized carbons (Fsp3) is 0.143. The first-order chi connectivity index (χ1) is 13.7. The standard InChI is InChI=1S/C21H22N4O2S.HI/c22-21(24-13-6-12-23-20(26)19-11-5-14-28-19)25-16-7-4-10-18(15-16)27-17-8-2-1-3-9-17;/h1-5,7-11,14-15H,6,12-13H2,(H,23,26)(H3,22,24,25);1H. The highest BCUT2D eigenvalue weighted by Gasteiger charge is 2.04. The van der Waals surface area contributed by atoms with Gasteiger partial charge < -0.3 is 21.1 Å². The Hall–Kier alpha value is -2.59. The Balaban J connectivity index is 0.00000300. The molecule has 8 heteroatoms. The quantitative estimate of drug-likeness (QED) is 0.173. The van der Waals surface area contributed by atoms with Crippen LogP contribution in [0.15, 0.2) is 77.1 Å². The van der Waals surface area contributed by atoms with Crippen LogP contribution in [-0.2, 0) is 0 Å². The van der Waals surface area contributed by atoms with Crippen LogP contribution in [0.1, 0.15) is 16.1 Å². The summed E-state index contributed by atoms with van der Waals surface area (Å²) in [5.74, 6) is 1.74. The number of anilines is 1. The van der Waals surface area contributed by atoms with Crippen molar-refractivity contribution in [3.63, 3.8) is 0 Å². The number of halogens is 1. The monoisotopic (exact) mass is 522 g/mol. The highest BCUT2D eigenvalue weighted by Crippen LogP contribution is 2.23. The smallest absolute Gasteiger partial charge is 0.261 e. The van der Waals surface area contributed by atoms with Crippen LogP contribution in [0.3, 0.4) is 0 Å². The molecule has 0 saturated heterocycles. The average molecular weight is 522 g/mol. The number of benzene rings is 2. The summed E-state index contributed by atoms with van der Waals surface area (Å²) in [6.45, 7) is 1.07. The molecule has 1 aromatic heterocycles. The number of guanidine groups is 1. The highest BCUT2D eigenvalue weighted by atomic mass is 127. The number of nitrogens with one attached hydrogen (secondary N) is 2. The van der Waals surface area contributed by atoms with E-state index in [1.807, 2.05) is 66.0 Å². The lowest BCUT2D eigenvalue weighted by atomic mass is 10.3. The van der Waals surface area contributed by atoms with Gasteiger partial charge in [-0.2, -0.15) is 0 Å². The predicted octanol–water partition coefficient (Wildman–Crippen LogP) is 4.71. The fourth-order valence-electron chi connectivity index (χ4n) is 2.42. The van der Waals surface area contributed by atoms with Crippen LogP contribution in [0.4, 0.5) is 5.69 Å². The number of hydrogen-bond acceptors (Lipinski definition) is 4. The van der Waals surface area contributed by atoms with Gasteiger partial charge in [-0.05, 0) is 42.1 Å². The molecule has 0 aliphatic rings. The zero-order chi connectivity index (χ0) is 19.6. The minimum absolute atomic E-state index is 0. The highest BCUT2D eigenvalue weighted by molar-refractivity contribution is 14.0. The third-order valence-corrected chi connectivity index (χ3v) is 4.60. The number of nitrogens with zero attached hydrogens (tertiary/aromatic N) is 1. The molecule has 0 fully saturated rings. The van der Waals surface area contributed by atoms with Crippen LogP contribution in [0, 0.1) is 0 Å². The summed E-state index contributed by atoms with van der Waals surface area (Å²) in [4.78, 5) is 16.8. The number of rotatable bonds is 8. The lowest BCUT2D eigenvalue weighted by Gasteiger charge is -2.09. The SMILES string of the molecule is I.NC(=NCCCNC(=O)c1cccs1)Nc1cccc(Oc2ccccc2)c1. The number of ether oxygens (including phenoxy) is 1. The van der Waals surface area contributed by atoms with E-state index < -0.39 is 0 Å². The van der Waals surface area contributed by atoms with Gasteiger partial charge in [0.05, 0.1) is 4.88 Å². The molecule has 0 aliphatic heterocycles. The molecule has 152 valence electrons. The van der Waals surface area contributed by atoms with Gasteiger partial charge >= 0.3 is 0 Å². The summed E-state index contributed by atoms with van der Waals surface area (Å²) in [5, 5.41) is 7.80. The van der Waals surface area contributed by atoms with Crippen molar-refractivity contribution in [2.45, 2.75) is 6.42 Å². The number of carbonyl (C=O) groups excluding carboxylic acids is 1. The molecule has 29 heavy (non-hydrogen) atoms. The Morgan fingerprint density at radius 2 is 1.83 bits per heavy atom. The van der Waals surface area contributed by atoms with Crippen LogP contribution < -0.4 is 21.1 Å². The molecule has 3 rings (SSSR count). The van der Waals surface area contributed by atoms with Gasteiger partial charge in [0, 0.05) is 24.8 Å². The molecule has 0 unspecified atom stereocenters. The second kappa shape index (κ2) is 12.1. The number of para-hydroxylation sites is 1. The number of aliphatic imine (C=N–C) groups is 1. The molecule has 0 aliphatic carbocycles. The van der Waals surface area contributed by atoms with Gasteiger partial charge in [0.25, 0.3) is 5.91 Å². The number of thiophene rings is 1. The van der Waals surface area contributed by atoms with Gasteiger partial charge in [-0.3, -0.25) is 9.79 Å². The maximum absolute atomic E-state index is 11.8. The first kappa shape index (κ1) is 22.7. The van der Waals surface area contributed by atoms with Crippen molar-refractivity contribution in [1.29, 1.82) is 0 Å². The first-order valence-electron chi connectivity index (χ1n) is 8.92. The predicted molar refractivity (Wildman–Crippen MR) is 130 cm³/mol. The molecular weight excluding hydrogens is 499 g/mol. The first-order valence-corrected chi connectivity index (χ1v) is 9.80. The van der Waals surface area contributed by atoms with E-state index in [9.17, 15) is 4.79 Å². The van der Waals surface area contributed by atoms with E-state index in [0.29, 0.717) is 36.1 Å². The number of carbonyl (C=O) groups is 1. The number of nitrogens with two attached hydrogens (primary N) is 1. The molecule has 1 amide bonds. The molecule has 2 aromatic carbocycles. The van der Waals surface area contributed by atoms with Crippen LogP contribution in [0.5, 0.6) is 11.5 Å². The topological polar surface area (TPSA) is 88.7 Å². The molecule has 0 atom stereocenters. The number of hydrogen-bond donors (Lipinski definition) is 3. The normalized spacial score (nSPS) is 10.7. The van der Waals surface area contributed by atoms with Crippen LogP contribution >= 0.6 is 35.3 Å². The van der Waals surface area contributed by atoms with Crippen molar-refractivity contribution in [3.8, 4) is 11.5 Å². The minimum atomic E-state index is -0.0553. The van der Waals surface area contributed by atoms with Crippen LogP contribution in [-0.4, -0.2) is 25.0 Å². The van der Waals surface area contributed by atoms with Crippen molar-refractivity contribution in [3.05, 3.63) is 77.0 Å². The molecule has 6 nitrogen and oxygen atoms in total. The second-order valence-corrected chi connectivity index (χ2v) is 6.87. The van der Waals surface area contributed by atoms with Gasteiger partial charge in [0.15, 0.2) is 5.96 Å². The van der Waals surface area contributed by atoms with Gasteiger partial charge in [-0.1, -0.05) is 30.3 Å². The molecule has 0 saturated carbocycles. The molecule has 4 N–H and O–H groups in total. The van der Waals surface area contributed by atoms with E-state index in [2.05, 4.69) is 15.6 Å². The maximum atomic E-state index is 11.8. The summed E-state index contributed by atoms with van der Waals surface area (Å²) in [7, 11) is 0. The molecule has 3 aromatic rings. The van der Waals surface area contributed by atoms with E-state index in [1.54, 1.807) is 6.07 Å². The largest absolute Gasteiger partial charge is 0.457 e. The van der Waals surface area contributed by atoms with E-state index in [4.69, 9.17) is 10.5 Å². The third-order valence-electron chi connectivity index (χ3n) is 3.73. The Labute approximate surface area is 191 Å². The van der Waals surface area contributed by atoms with E-state index in [1.165, 1.54) is 11.3 Å². The minimum Gasteiger partial charge on any atom is -0.457 e. The molecule has 0 radical (unpaired) electrons. The van der Waals surface area contributed by atoms with E-state index in [0.717, 1.165) is 11.4 Å². The summed E-state index contributed by atoms with van der Waals surface area (Å²) >= 11 is 1.42. The Bertz CT molecular complexity index is 917. The number of amides is 1. The average Bonchev–Trinajstić information content (AvgIpc) is 3.23. The van der Waals surface area contributed by atoms with Crippen molar-refractivity contribution >= 4 is 52.9 Å². The Morgan fingerprint density at radius 3 is 2.59 bits per heavy atom. The summed E-state index contributed by atoms with van der Waals surface area (Å²) in [5.41, 5.74) is 6.73. The zero-order valence-electron chi connectivity index (χ0n) is 15.7. The molecule has 0 spiro atoms. The fourth-order valence-corrected chi connectivity index (χ4v) is 3.06. The van der Waals surface area contributed by atoms with Gasteiger partial charge in [-0.15, -0.1) is 35.3 Å². The summed E-state index contributed by atoms with van der Waals surface area (Å²) in [6, 6.07) is 20.7. The van der Waals surface area contributed by atoms with Crippen LogP contribution in [0.2, 0.25) is 0 Å². The van der Waals surface area contributed by atoms with E-state index in [-0.39, 0.29) is 29.9 Å². The third kappa shape index (κ3) is 7.74. The van der Waals surface area contributed by atoms with Gasteiger partial charge in [-0.25, -0.2) is 0 Å². The van der Waals surface area contributed by atoms with Crippen molar-refractivity contribution in [2.24, 2.45) is 10.7 Å². The van der Waals surface area contributed by atoms with Crippen molar-refractivity contribution < 1.29 is 9.53 Å². The maximum Gasteiger partial charge on any atom is 0.261 e. The van der Waals surface area contributed by atoms with E-state index >= 15 is 0 Å². The molecule has 1 heterocycles. The van der Waals surface area contributed by atoms with Crippen molar-refractivity contribution in [2.75, 3.05) is 18.4 Å². The van der Waals surface area contributed by atoms with Crippen LogP contribution in [0.25, 0.3) is 0 Å². The molecule has 0 bridgehead atoms.